The lowest BCUT2D eigenvalue weighted by Gasteiger charge is -2.14. The Hall–Kier alpha value is -3.48. The van der Waals surface area contributed by atoms with Gasteiger partial charge in [-0.15, -0.1) is 0 Å². The standard InChI is InChI=1S/C23H22N6O4S2/c1-13-3-8-19(14(2)9-13)29-21-18(11-25-29)22(31)28-16(12-34-23(28)27-21)10-20(30)26-15-4-6-17(7-5-15)35(24,32)33/h3-9,11,16H,10,12H2,1-2H3,(H,26,30)(H2,24,32,33). The number of anilines is 1. The Balaban J connectivity index is 1.40. The van der Waals surface area contributed by atoms with Crippen molar-refractivity contribution in [2.24, 2.45) is 5.14 Å². The van der Waals surface area contributed by atoms with E-state index < -0.39 is 10.0 Å². The zero-order chi connectivity index (χ0) is 24.9. The number of nitrogens with two attached hydrogens (primary N) is 1. The molecule has 10 nitrogen and oxygen atoms in total. The highest BCUT2D eigenvalue weighted by molar-refractivity contribution is 7.99. The Labute approximate surface area is 205 Å². The maximum Gasteiger partial charge on any atom is 0.265 e. The third-order valence-corrected chi connectivity index (χ3v) is 7.87. The first-order valence-electron chi connectivity index (χ1n) is 10.8. The van der Waals surface area contributed by atoms with Gasteiger partial charge in [-0.2, -0.15) is 5.10 Å². The predicted molar refractivity (Wildman–Crippen MR) is 133 cm³/mol. The molecule has 1 aliphatic rings. The number of hydrogen-bond acceptors (Lipinski definition) is 7. The van der Waals surface area contributed by atoms with Crippen molar-refractivity contribution in [1.82, 2.24) is 19.3 Å². The number of amides is 1. The van der Waals surface area contributed by atoms with Crippen molar-refractivity contribution in [3.05, 3.63) is 70.1 Å². The molecule has 1 amide bonds. The summed E-state index contributed by atoms with van der Waals surface area (Å²) in [5, 5.41) is 13.2. The molecular weight excluding hydrogens is 488 g/mol. The van der Waals surface area contributed by atoms with E-state index in [0.717, 1.165) is 16.8 Å². The van der Waals surface area contributed by atoms with E-state index in [1.165, 1.54) is 42.2 Å². The maximum absolute atomic E-state index is 13.3. The minimum absolute atomic E-state index is 0.0420. The molecule has 1 atom stereocenters. The van der Waals surface area contributed by atoms with Crippen LogP contribution >= 0.6 is 11.8 Å². The molecule has 0 spiro atoms. The van der Waals surface area contributed by atoms with Crippen molar-refractivity contribution in [2.45, 2.75) is 36.4 Å². The molecule has 180 valence electrons. The second-order valence-corrected chi connectivity index (χ2v) is 11.0. The van der Waals surface area contributed by atoms with Gasteiger partial charge in [0, 0.05) is 17.9 Å². The number of nitrogens with one attached hydrogen (secondary N) is 1. The molecule has 0 aliphatic carbocycles. The molecule has 2 aromatic carbocycles. The number of rotatable bonds is 5. The van der Waals surface area contributed by atoms with E-state index in [2.05, 4.69) is 16.5 Å². The molecule has 0 radical (unpaired) electrons. The quantitative estimate of drug-likeness (QED) is 0.393. The van der Waals surface area contributed by atoms with E-state index in [4.69, 9.17) is 10.1 Å². The van der Waals surface area contributed by atoms with Crippen LogP contribution in [0.5, 0.6) is 0 Å². The number of fused-ring (bicyclic) bond motifs is 2. The summed E-state index contributed by atoms with van der Waals surface area (Å²) in [5.74, 6) is 0.230. The number of primary sulfonamides is 1. The molecule has 3 heterocycles. The monoisotopic (exact) mass is 510 g/mol. The SMILES string of the molecule is Cc1ccc(-n2ncc3c(=O)n4c(nc32)SCC4CC(=O)Nc2ccc(S(N)(=O)=O)cc2)c(C)c1. The summed E-state index contributed by atoms with van der Waals surface area (Å²) in [7, 11) is -3.81. The Morgan fingerprint density at radius 1 is 1.20 bits per heavy atom. The van der Waals surface area contributed by atoms with Crippen LogP contribution in [0, 0.1) is 13.8 Å². The van der Waals surface area contributed by atoms with Crippen LogP contribution in [0.1, 0.15) is 23.6 Å². The second kappa shape index (κ2) is 8.63. The highest BCUT2D eigenvalue weighted by Crippen LogP contribution is 2.34. The van der Waals surface area contributed by atoms with Crippen LogP contribution in [0.15, 0.2) is 63.5 Å². The van der Waals surface area contributed by atoms with E-state index in [9.17, 15) is 18.0 Å². The smallest absolute Gasteiger partial charge is 0.265 e. The molecule has 0 fully saturated rings. The first kappa shape index (κ1) is 23.3. The Morgan fingerprint density at radius 3 is 2.63 bits per heavy atom. The first-order chi connectivity index (χ1) is 16.6. The number of carbonyl (C=O) groups excluding carboxylic acids is 1. The highest BCUT2D eigenvalue weighted by Gasteiger charge is 2.29. The van der Waals surface area contributed by atoms with Crippen LogP contribution in [-0.2, 0) is 14.8 Å². The second-order valence-electron chi connectivity index (χ2n) is 8.44. The fourth-order valence-corrected chi connectivity index (χ4v) is 5.80. The number of aryl methyl sites for hydroxylation is 2. The first-order valence-corrected chi connectivity index (χ1v) is 13.3. The zero-order valence-electron chi connectivity index (χ0n) is 18.9. The number of nitrogens with zero attached hydrogens (tertiary/aromatic N) is 4. The fraction of sp³-hybridized carbons (Fsp3) is 0.217. The van der Waals surface area contributed by atoms with Crippen LogP contribution in [0.25, 0.3) is 16.7 Å². The fourth-order valence-electron chi connectivity index (χ4n) is 4.15. The van der Waals surface area contributed by atoms with Crippen LogP contribution in [0.2, 0.25) is 0 Å². The molecule has 3 N–H and O–H groups in total. The molecule has 1 unspecified atom stereocenters. The van der Waals surface area contributed by atoms with Gasteiger partial charge in [-0.1, -0.05) is 29.5 Å². The van der Waals surface area contributed by atoms with E-state index in [1.54, 1.807) is 9.25 Å². The Bertz CT molecular complexity index is 1640. The van der Waals surface area contributed by atoms with E-state index in [0.29, 0.717) is 27.6 Å². The predicted octanol–water partition coefficient (Wildman–Crippen LogP) is 2.52. The van der Waals surface area contributed by atoms with Gasteiger partial charge in [0.15, 0.2) is 10.8 Å². The number of aromatic nitrogens is 4. The number of benzene rings is 2. The van der Waals surface area contributed by atoms with Crippen molar-refractivity contribution in [2.75, 3.05) is 11.1 Å². The maximum atomic E-state index is 13.3. The lowest BCUT2D eigenvalue weighted by molar-refractivity contribution is -0.116. The third kappa shape index (κ3) is 4.35. The molecule has 1 aliphatic heterocycles. The minimum Gasteiger partial charge on any atom is -0.326 e. The summed E-state index contributed by atoms with van der Waals surface area (Å²) >= 11 is 1.42. The van der Waals surface area contributed by atoms with Crippen LogP contribution in [-0.4, -0.2) is 39.4 Å². The summed E-state index contributed by atoms with van der Waals surface area (Å²) in [6, 6.07) is 11.2. The highest BCUT2D eigenvalue weighted by atomic mass is 32.2. The van der Waals surface area contributed by atoms with Gasteiger partial charge < -0.3 is 5.32 Å². The lowest BCUT2D eigenvalue weighted by Crippen LogP contribution is -2.27. The average Bonchev–Trinajstić information content (AvgIpc) is 3.38. The van der Waals surface area contributed by atoms with Crippen LogP contribution in [0.4, 0.5) is 5.69 Å². The molecule has 0 bridgehead atoms. The zero-order valence-corrected chi connectivity index (χ0v) is 20.6. The molecule has 0 saturated carbocycles. The molecule has 4 aromatic rings. The van der Waals surface area contributed by atoms with Gasteiger partial charge in [-0.05, 0) is 49.7 Å². The van der Waals surface area contributed by atoms with E-state index in [-0.39, 0.29) is 28.8 Å². The van der Waals surface area contributed by atoms with Crippen molar-refractivity contribution in [3.8, 4) is 5.69 Å². The molecule has 0 saturated heterocycles. The van der Waals surface area contributed by atoms with Gasteiger partial charge in [0.2, 0.25) is 15.9 Å². The normalized spacial score (nSPS) is 15.3. The average molecular weight is 511 g/mol. The van der Waals surface area contributed by atoms with Crippen molar-refractivity contribution < 1.29 is 13.2 Å². The minimum atomic E-state index is -3.81. The molecule has 12 heteroatoms. The van der Waals surface area contributed by atoms with Crippen molar-refractivity contribution in [3.63, 3.8) is 0 Å². The summed E-state index contributed by atoms with van der Waals surface area (Å²) in [6.07, 6.45) is 1.58. The van der Waals surface area contributed by atoms with Crippen molar-refractivity contribution in [1.29, 1.82) is 0 Å². The topological polar surface area (TPSA) is 142 Å². The Kier molecular flexibility index (Phi) is 5.74. The van der Waals surface area contributed by atoms with Gasteiger partial charge in [0.25, 0.3) is 5.56 Å². The number of hydrogen-bond donors (Lipinski definition) is 2. The summed E-state index contributed by atoms with van der Waals surface area (Å²) < 4.78 is 26.0. The van der Waals surface area contributed by atoms with Crippen molar-refractivity contribution >= 4 is 44.4 Å². The van der Waals surface area contributed by atoms with Gasteiger partial charge in [-0.25, -0.2) is 23.2 Å². The largest absolute Gasteiger partial charge is 0.326 e. The summed E-state index contributed by atoms with van der Waals surface area (Å²) in [4.78, 5) is 30.7. The molecule has 2 aromatic heterocycles. The molecule has 5 rings (SSSR count). The van der Waals surface area contributed by atoms with Gasteiger partial charge >= 0.3 is 0 Å². The number of thioether (sulfide) groups is 1. The third-order valence-electron chi connectivity index (χ3n) is 5.84. The van der Waals surface area contributed by atoms with E-state index >= 15 is 0 Å². The molecular formula is C23H22N6O4S2. The summed E-state index contributed by atoms with van der Waals surface area (Å²) in [6.45, 7) is 4.00. The Morgan fingerprint density at radius 2 is 1.94 bits per heavy atom. The lowest BCUT2D eigenvalue weighted by atomic mass is 10.1. The number of sulfonamides is 1. The van der Waals surface area contributed by atoms with Crippen LogP contribution < -0.4 is 16.0 Å². The van der Waals surface area contributed by atoms with Gasteiger partial charge in [0.05, 0.1) is 22.8 Å². The summed E-state index contributed by atoms with van der Waals surface area (Å²) in [5.41, 5.74) is 3.70. The number of carbonyl (C=O) groups is 1. The van der Waals surface area contributed by atoms with Gasteiger partial charge in [-0.3, -0.25) is 14.2 Å². The van der Waals surface area contributed by atoms with Gasteiger partial charge in [0.1, 0.15) is 5.39 Å². The van der Waals surface area contributed by atoms with E-state index in [1.807, 2.05) is 26.0 Å². The molecule has 35 heavy (non-hydrogen) atoms. The van der Waals surface area contributed by atoms with Crippen LogP contribution in [0.3, 0.4) is 0 Å².